The number of aryl methyl sites for hydroxylation is 1. The second-order valence-electron chi connectivity index (χ2n) is 4.45. The van der Waals surface area contributed by atoms with Gasteiger partial charge in [-0.15, -0.1) is 0 Å². The average molecular weight is 336 g/mol. The van der Waals surface area contributed by atoms with Crippen LogP contribution in [-0.4, -0.2) is 17.0 Å². The minimum atomic E-state index is 0.597. The molecule has 1 aromatic carbocycles. The fourth-order valence-corrected chi connectivity index (χ4v) is 2.22. The highest BCUT2D eigenvalue weighted by atomic mass is 79.9. The van der Waals surface area contributed by atoms with Crippen molar-refractivity contribution in [3.8, 4) is 11.6 Å². The van der Waals surface area contributed by atoms with E-state index in [4.69, 9.17) is 4.74 Å². The van der Waals surface area contributed by atoms with Crippen molar-refractivity contribution in [1.29, 1.82) is 0 Å². The van der Waals surface area contributed by atoms with Gasteiger partial charge in [0.2, 0.25) is 5.88 Å². The van der Waals surface area contributed by atoms with E-state index in [1.165, 1.54) is 0 Å². The minimum Gasteiger partial charge on any atom is -0.437 e. The SMILES string of the molecule is CCCc1nc(NC)c(C)c(Oc2ccccc2Br)n1. The number of rotatable bonds is 5. The number of halogens is 1. The summed E-state index contributed by atoms with van der Waals surface area (Å²) in [7, 11) is 1.85. The van der Waals surface area contributed by atoms with Crippen LogP contribution in [0.3, 0.4) is 0 Å². The Bertz CT molecular complexity index is 602. The highest BCUT2D eigenvalue weighted by Gasteiger charge is 2.12. The fourth-order valence-electron chi connectivity index (χ4n) is 1.85. The van der Waals surface area contributed by atoms with Crippen LogP contribution >= 0.6 is 15.9 Å². The van der Waals surface area contributed by atoms with Gasteiger partial charge in [0.1, 0.15) is 17.4 Å². The van der Waals surface area contributed by atoms with Crippen LogP contribution in [0.15, 0.2) is 28.7 Å². The molecule has 0 aliphatic rings. The van der Waals surface area contributed by atoms with E-state index in [9.17, 15) is 0 Å². The van der Waals surface area contributed by atoms with Crippen molar-refractivity contribution in [3.63, 3.8) is 0 Å². The molecule has 0 atom stereocenters. The maximum atomic E-state index is 5.93. The number of hydrogen-bond donors (Lipinski definition) is 1. The molecule has 5 heteroatoms. The third-order valence-electron chi connectivity index (χ3n) is 2.90. The summed E-state index contributed by atoms with van der Waals surface area (Å²) in [5.41, 5.74) is 0.906. The summed E-state index contributed by atoms with van der Waals surface area (Å²) in [5.74, 6) is 2.95. The van der Waals surface area contributed by atoms with E-state index < -0.39 is 0 Å². The van der Waals surface area contributed by atoms with Gasteiger partial charge in [0, 0.05) is 13.5 Å². The number of hydrogen-bond acceptors (Lipinski definition) is 4. The molecule has 2 aromatic rings. The Balaban J connectivity index is 2.39. The van der Waals surface area contributed by atoms with Crippen molar-refractivity contribution in [2.45, 2.75) is 26.7 Å². The molecule has 0 aliphatic heterocycles. The second kappa shape index (κ2) is 6.70. The number of ether oxygens (including phenoxy) is 1. The molecule has 1 aromatic heterocycles. The third kappa shape index (κ3) is 3.28. The molecule has 0 unspecified atom stereocenters. The lowest BCUT2D eigenvalue weighted by molar-refractivity contribution is 0.452. The van der Waals surface area contributed by atoms with Crippen LogP contribution in [0.25, 0.3) is 0 Å². The molecular weight excluding hydrogens is 318 g/mol. The Morgan fingerprint density at radius 1 is 1.25 bits per heavy atom. The normalized spacial score (nSPS) is 10.4. The predicted molar refractivity (Wildman–Crippen MR) is 84.5 cm³/mol. The smallest absolute Gasteiger partial charge is 0.227 e. The van der Waals surface area contributed by atoms with Crippen LogP contribution in [-0.2, 0) is 6.42 Å². The molecule has 4 nitrogen and oxygen atoms in total. The second-order valence-corrected chi connectivity index (χ2v) is 5.31. The first-order valence-electron chi connectivity index (χ1n) is 6.63. The quantitative estimate of drug-likeness (QED) is 0.883. The zero-order valence-corrected chi connectivity index (χ0v) is 13.5. The highest BCUT2D eigenvalue weighted by molar-refractivity contribution is 9.10. The number of anilines is 1. The molecule has 0 saturated carbocycles. The molecule has 2 rings (SSSR count). The number of nitrogens with zero attached hydrogens (tertiary/aromatic N) is 2. The van der Waals surface area contributed by atoms with E-state index in [2.05, 4.69) is 38.1 Å². The van der Waals surface area contributed by atoms with E-state index >= 15 is 0 Å². The van der Waals surface area contributed by atoms with Crippen molar-refractivity contribution >= 4 is 21.7 Å². The maximum absolute atomic E-state index is 5.93. The van der Waals surface area contributed by atoms with Crippen LogP contribution in [0.5, 0.6) is 11.6 Å². The summed E-state index contributed by atoms with van der Waals surface area (Å²) in [6.07, 6.45) is 1.84. The Morgan fingerprint density at radius 2 is 2.00 bits per heavy atom. The zero-order valence-electron chi connectivity index (χ0n) is 11.9. The van der Waals surface area contributed by atoms with Crippen molar-refractivity contribution in [2.24, 2.45) is 0 Å². The van der Waals surface area contributed by atoms with Gasteiger partial charge in [0.15, 0.2) is 0 Å². The number of benzene rings is 1. The first-order chi connectivity index (χ1) is 9.65. The van der Waals surface area contributed by atoms with Gasteiger partial charge >= 0.3 is 0 Å². The van der Waals surface area contributed by atoms with Gasteiger partial charge in [0.25, 0.3) is 0 Å². The largest absolute Gasteiger partial charge is 0.437 e. The van der Waals surface area contributed by atoms with Gasteiger partial charge in [-0.3, -0.25) is 0 Å². The first-order valence-corrected chi connectivity index (χ1v) is 7.42. The van der Waals surface area contributed by atoms with Crippen LogP contribution < -0.4 is 10.1 Å². The summed E-state index contributed by atoms with van der Waals surface area (Å²) in [4.78, 5) is 9.00. The van der Waals surface area contributed by atoms with Gasteiger partial charge < -0.3 is 10.1 Å². The van der Waals surface area contributed by atoms with E-state index in [1.54, 1.807) is 0 Å². The van der Waals surface area contributed by atoms with Gasteiger partial charge in [-0.05, 0) is 41.4 Å². The number of aromatic nitrogens is 2. The number of para-hydroxylation sites is 1. The first kappa shape index (κ1) is 14.8. The summed E-state index contributed by atoms with van der Waals surface area (Å²) in [5, 5.41) is 3.09. The maximum Gasteiger partial charge on any atom is 0.227 e. The minimum absolute atomic E-state index is 0.597. The molecule has 106 valence electrons. The Hall–Kier alpha value is -1.62. The van der Waals surface area contributed by atoms with Gasteiger partial charge in [0.05, 0.1) is 10.0 Å². The molecule has 0 fully saturated rings. The van der Waals surface area contributed by atoms with E-state index in [-0.39, 0.29) is 0 Å². The molecule has 0 saturated heterocycles. The molecule has 20 heavy (non-hydrogen) atoms. The summed E-state index contributed by atoms with van der Waals surface area (Å²) >= 11 is 3.48. The molecule has 1 N–H and O–H groups in total. The van der Waals surface area contributed by atoms with Crippen LogP contribution in [0.2, 0.25) is 0 Å². The summed E-state index contributed by atoms with van der Waals surface area (Å²) in [6.45, 7) is 4.06. The molecule has 0 radical (unpaired) electrons. The zero-order chi connectivity index (χ0) is 14.5. The lowest BCUT2D eigenvalue weighted by Gasteiger charge is -2.13. The summed E-state index contributed by atoms with van der Waals surface area (Å²) in [6, 6.07) is 7.73. The van der Waals surface area contributed by atoms with Crippen molar-refractivity contribution in [1.82, 2.24) is 9.97 Å². The summed E-state index contributed by atoms with van der Waals surface area (Å²) < 4.78 is 6.84. The average Bonchev–Trinajstić information content (AvgIpc) is 2.45. The van der Waals surface area contributed by atoms with Crippen molar-refractivity contribution < 1.29 is 4.74 Å². The molecular formula is C15H18BrN3O. The molecule has 0 bridgehead atoms. The predicted octanol–water partition coefficient (Wildman–Crippen LogP) is 4.33. The lowest BCUT2D eigenvalue weighted by Crippen LogP contribution is -2.05. The molecule has 0 spiro atoms. The van der Waals surface area contributed by atoms with Crippen LogP contribution in [0.4, 0.5) is 5.82 Å². The molecule has 0 aliphatic carbocycles. The topological polar surface area (TPSA) is 47.0 Å². The van der Waals surface area contributed by atoms with E-state index in [1.807, 2.05) is 38.2 Å². The highest BCUT2D eigenvalue weighted by Crippen LogP contribution is 2.31. The Morgan fingerprint density at radius 3 is 2.65 bits per heavy atom. The molecule has 1 heterocycles. The number of nitrogens with one attached hydrogen (secondary N) is 1. The van der Waals surface area contributed by atoms with Crippen LogP contribution in [0.1, 0.15) is 24.7 Å². The Labute approximate surface area is 127 Å². The third-order valence-corrected chi connectivity index (χ3v) is 3.56. The standard InChI is InChI=1S/C15H18BrN3O/c1-4-7-13-18-14(17-3)10(2)15(19-13)20-12-9-6-5-8-11(12)16/h5-6,8-9H,4,7H2,1-3H3,(H,17,18,19). The monoisotopic (exact) mass is 335 g/mol. The molecule has 0 amide bonds. The van der Waals surface area contributed by atoms with Crippen molar-refractivity contribution in [3.05, 3.63) is 40.1 Å². The van der Waals surface area contributed by atoms with Crippen LogP contribution in [0, 0.1) is 6.92 Å². The fraction of sp³-hybridized carbons (Fsp3) is 0.333. The van der Waals surface area contributed by atoms with Gasteiger partial charge in [-0.2, -0.15) is 4.98 Å². The van der Waals surface area contributed by atoms with Gasteiger partial charge in [-0.25, -0.2) is 4.98 Å². The lowest BCUT2D eigenvalue weighted by atomic mass is 10.2. The van der Waals surface area contributed by atoms with E-state index in [0.717, 1.165) is 40.3 Å². The van der Waals surface area contributed by atoms with E-state index in [0.29, 0.717) is 5.88 Å². The van der Waals surface area contributed by atoms with Gasteiger partial charge in [-0.1, -0.05) is 19.1 Å². The van der Waals surface area contributed by atoms with Crippen molar-refractivity contribution in [2.75, 3.05) is 12.4 Å². The Kier molecular flexibility index (Phi) is 4.95.